The van der Waals surface area contributed by atoms with Gasteiger partial charge >= 0.3 is 0 Å². The smallest absolute Gasteiger partial charge is 0.155 e. The van der Waals surface area contributed by atoms with Crippen LogP contribution in [-0.2, 0) is 0 Å². The molecule has 0 bridgehead atoms. The summed E-state index contributed by atoms with van der Waals surface area (Å²) >= 11 is 6.40. The van der Waals surface area contributed by atoms with Crippen LogP contribution in [0.1, 0.15) is 46.6 Å². The summed E-state index contributed by atoms with van der Waals surface area (Å²) < 4.78 is 10.9. The van der Waals surface area contributed by atoms with Crippen LogP contribution >= 0.6 is 11.6 Å². The van der Waals surface area contributed by atoms with Crippen molar-refractivity contribution in [1.82, 2.24) is 0 Å². The van der Waals surface area contributed by atoms with Crippen molar-refractivity contribution >= 4 is 22.4 Å². The Bertz CT molecular complexity index is 961. The summed E-state index contributed by atoms with van der Waals surface area (Å²) in [5.74, 6) is 1.26. The number of benzene rings is 3. The summed E-state index contributed by atoms with van der Waals surface area (Å²) in [4.78, 5) is 0. The van der Waals surface area contributed by atoms with Crippen molar-refractivity contribution in [3.63, 3.8) is 0 Å². The Morgan fingerprint density at radius 1 is 1.00 bits per heavy atom. The van der Waals surface area contributed by atoms with Crippen molar-refractivity contribution in [1.29, 1.82) is 5.26 Å². The van der Waals surface area contributed by atoms with Gasteiger partial charge in [0, 0.05) is 0 Å². The van der Waals surface area contributed by atoms with E-state index in [-0.39, 0.29) is 0 Å². The van der Waals surface area contributed by atoms with E-state index in [2.05, 4.69) is 6.07 Å². The van der Waals surface area contributed by atoms with Gasteiger partial charge in [0.15, 0.2) is 5.75 Å². The summed E-state index contributed by atoms with van der Waals surface area (Å²) in [6.07, 6.45) is 0.855. The third-order valence-corrected chi connectivity index (χ3v) is 4.29. The molecule has 0 heterocycles. The first kappa shape index (κ1) is 24.3. The van der Waals surface area contributed by atoms with E-state index >= 15 is 0 Å². The van der Waals surface area contributed by atoms with Crippen molar-refractivity contribution < 1.29 is 9.47 Å². The fraction of sp³-hybridized carbons (Fsp3) is 0.320. The van der Waals surface area contributed by atoms with Gasteiger partial charge in [0.1, 0.15) is 11.8 Å². The first-order chi connectivity index (χ1) is 14.2. The van der Waals surface area contributed by atoms with Crippen LogP contribution in [0.3, 0.4) is 0 Å². The lowest BCUT2D eigenvalue weighted by Gasteiger charge is -2.13. The number of methoxy groups -OCH3 is 1. The molecule has 0 fully saturated rings. The second kappa shape index (κ2) is 12.7. The first-order valence-electron chi connectivity index (χ1n) is 10.1. The maximum absolute atomic E-state index is 9.49. The predicted octanol–water partition coefficient (Wildman–Crippen LogP) is 7.88. The Morgan fingerprint density at radius 3 is 2.34 bits per heavy atom. The summed E-state index contributed by atoms with van der Waals surface area (Å²) in [6, 6.07) is 17.9. The highest BCUT2D eigenvalue weighted by atomic mass is 35.5. The minimum Gasteiger partial charge on any atom is -0.497 e. The molecular formula is C25H30ClNO2. The van der Waals surface area contributed by atoms with Crippen LogP contribution in [0.4, 0.5) is 0 Å². The molecule has 0 aromatic heterocycles. The maximum atomic E-state index is 9.49. The number of hydrogen-bond acceptors (Lipinski definition) is 3. The maximum Gasteiger partial charge on any atom is 0.155 e. The van der Waals surface area contributed by atoms with E-state index in [1.165, 1.54) is 0 Å². The molecule has 3 rings (SSSR count). The molecule has 3 nitrogen and oxygen atoms in total. The predicted molar refractivity (Wildman–Crippen MR) is 124 cm³/mol. The van der Waals surface area contributed by atoms with Gasteiger partial charge in [-0.15, -0.1) is 0 Å². The van der Waals surface area contributed by atoms with E-state index in [0.29, 0.717) is 22.9 Å². The molecule has 154 valence electrons. The van der Waals surface area contributed by atoms with Crippen LogP contribution in [0, 0.1) is 11.3 Å². The average molecular weight is 412 g/mol. The lowest BCUT2D eigenvalue weighted by molar-refractivity contribution is 0.317. The number of nitriles is 1. The quantitative estimate of drug-likeness (QED) is 0.428. The van der Waals surface area contributed by atoms with Gasteiger partial charge < -0.3 is 9.47 Å². The highest BCUT2D eigenvalue weighted by Gasteiger charge is 2.13. The Morgan fingerprint density at radius 2 is 1.72 bits per heavy atom. The van der Waals surface area contributed by atoms with E-state index in [9.17, 15) is 5.26 Å². The normalized spacial score (nSPS) is 9.45. The fourth-order valence-electron chi connectivity index (χ4n) is 2.82. The number of fused-ring (bicyclic) bond motifs is 1. The summed E-state index contributed by atoms with van der Waals surface area (Å²) in [7, 11) is 1.65. The van der Waals surface area contributed by atoms with E-state index in [4.69, 9.17) is 21.1 Å². The Hall–Kier alpha value is -2.70. The van der Waals surface area contributed by atoms with E-state index in [0.717, 1.165) is 34.1 Å². The zero-order chi connectivity index (χ0) is 21.8. The largest absolute Gasteiger partial charge is 0.497 e. The Kier molecular flexibility index (Phi) is 10.7. The van der Waals surface area contributed by atoms with Crippen molar-refractivity contribution in [3.05, 3.63) is 59.1 Å². The second-order valence-electron chi connectivity index (χ2n) is 5.69. The first-order valence-corrected chi connectivity index (χ1v) is 10.5. The van der Waals surface area contributed by atoms with Crippen molar-refractivity contribution in [2.45, 2.75) is 41.0 Å². The molecule has 0 saturated carbocycles. The van der Waals surface area contributed by atoms with Crippen LogP contribution in [-0.4, -0.2) is 13.7 Å². The zero-order valence-corrected chi connectivity index (χ0v) is 18.9. The lowest BCUT2D eigenvalue weighted by Crippen LogP contribution is -1.98. The summed E-state index contributed by atoms with van der Waals surface area (Å²) in [6.45, 7) is 10.5. The van der Waals surface area contributed by atoms with Gasteiger partial charge in [-0.3, -0.25) is 0 Å². The van der Waals surface area contributed by atoms with Crippen LogP contribution < -0.4 is 9.47 Å². The van der Waals surface area contributed by atoms with Crippen LogP contribution in [0.5, 0.6) is 11.5 Å². The minimum atomic E-state index is 0.446. The number of halogens is 1. The number of hydrogen-bond donors (Lipinski definition) is 0. The van der Waals surface area contributed by atoms with Crippen LogP contribution in [0.25, 0.3) is 21.9 Å². The Labute approximate surface area is 179 Å². The number of rotatable bonds is 5. The second-order valence-corrected chi connectivity index (χ2v) is 6.09. The van der Waals surface area contributed by atoms with Gasteiger partial charge in [-0.1, -0.05) is 70.5 Å². The van der Waals surface area contributed by atoms with Gasteiger partial charge in [0.05, 0.1) is 24.3 Å². The fourth-order valence-corrected chi connectivity index (χ4v) is 3.10. The number of nitrogens with zero attached hydrogens (tertiary/aromatic N) is 1. The molecule has 3 aromatic carbocycles. The molecule has 0 amide bonds. The van der Waals surface area contributed by atoms with Gasteiger partial charge in [0.25, 0.3) is 0 Å². The number of ether oxygens (including phenoxy) is 2. The zero-order valence-electron chi connectivity index (χ0n) is 18.2. The molecule has 29 heavy (non-hydrogen) atoms. The summed E-state index contributed by atoms with van der Waals surface area (Å²) in [5.41, 5.74) is 2.35. The molecule has 0 aliphatic heterocycles. The van der Waals surface area contributed by atoms with Gasteiger partial charge in [-0.05, 0) is 52.6 Å². The highest BCUT2D eigenvalue weighted by molar-refractivity contribution is 6.32. The topological polar surface area (TPSA) is 42.2 Å². The monoisotopic (exact) mass is 411 g/mol. The molecule has 4 heteroatoms. The standard InChI is InChI=1S/C21H18ClNO2.2C2H6/c1-3-9-25-21-16(13-23)10-15(12-20(21)22)18-6-4-5-14-11-17(24-2)7-8-19(14)18;2*1-2/h4-8,10-12H,3,9H2,1-2H3;2*1-2H3. The molecule has 0 N–H and O–H groups in total. The van der Waals surface area contributed by atoms with E-state index in [1.807, 2.05) is 83.1 Å². The molecule has 0 aliphatic rings. The molecule has 0 unspecified atom stereocenters. The molecule has 0 atom stereocenters. The lowest BCUT2D eigenvalue weighted by atomic mass is 9.96. The Balaban J connectivity index is 0.000000989. The molecule has 0 saturated heterocycles. The highest BCUT2D eigenvalue weighted by Crippen LogP contribution is 2.37. The molecule has 0 spiro atoms. The van der Waals surface area contributed by atoms with Crippen LogP contribution in [0.15, 0.2) is 48.5 Å². The van der Waals surface area contributed by atoms with Gasteiger partial charge in [-0.2, -0.15) is 5.26 Å². The van der Waals surface area contributed by atoms with E-state index in [1.54, 1.807) is 7.11 Å². The molecule has 0 radical (unpaired) electrons. The molecule has 3 aromatic rings. The SMILES string of the molecule is CC.CC.CCCOc1c(Cl)cc(-c2cccc3cc(OC)ccc23)cc1C#N. The van der Waals surface area contributed by atoms with Crippen molar-refractivity contribution in [2.24, 2.45) is 0 Å². The average Bonchev–Trinajstić information content (AvgIpc) is 2.79. The molecule has 0 aliphatic carbocycles. The van der Waals surface area contributed by atoms with E-state index < -0.39 is 0 Å². The third-order valence-electron chi connectivity index (χ3n) is 4.01. The minimum absolute atomic E-state index is 0.446. The van der Waals surface area contributed by atoms with Gasteiger partial charge in [0.2, 0.25) is 0 Å². The molecular weight excluding hydrogens is 382 g/mol. The van der Waals surface area contributed by atoms with Crippen LogP contribution in [0.2, 0.25) is 5.02 Å². The van der Waals surface area contributed by atoms with Crippen molar-refractivity contribution in [2.75, 3.05) is 13.7 Å². The van der Waals surface area contributed by atoms with Gasteiger partial charge in [-0.25, -0.2) is 0 Å². The van der Waals surface area contributed by atoms with Crippen molar-refractivity contribution in [3.8, 4) is 28.7 Å². The summed E-state index contributed by atoms with van der Waals surface area (Å²) in [5, 5.41) is 12.1. The third kappa shape index (κ3) is 5.89.